The molecule has 0 saturated heterocycles. The zero-order valence-electron chi connectivity index (χ0n) is 12.2. The Morgan fingerprint density at radius 3 is 2.74 bits per heavy atom. The van der Waals surface area contributed by atoms with Gasteiger partial charge in [-0.05, 0) is 31.0 Å². The molecule has 2 aromatic heterocycles. The van der Waals surface area contributed by atoms with Crippen LogP contribution in [-0.2, 0) is 0 Å². The number of halogens is 3. The number of pyridine rings is 1. The van der Waals surface area contributed by atoms with Crippen LogP contribution in [-0.4, -0.2) is 19.6 Å². The molecule has 0 amide bonds. The number of aromatic hydroxyl groups is 1. The molecule has 0 saturated carbocycles. The largest absolute Gasteiger partial charge is 0.480 e. The van der Waals surface area contributed by atoms with E-state index in [1.807, 2.05) is 6.92 Å². The molecule has 1 atom stereocenters. The highest BCUT2D eigenvalue weighted by atomic mass is 35.5. The third-order valence-corrected chi connectivity index (χ3v) is 3.98. The van der Waals surface area contributed by atoms with Crippen LogP contribution >= 0.6 is 11.6 Å². The van der Waals surface area contributed by atoms with Crippen molar-refractivity contribution in [2.24, 2.45) is 0 Å². The number of imidazole rings is 1. The summed E-state index contributed by atoms with van der Waals surface area (Å²) in [6.45, 7) is 5.87. The Hall–Kier alpha value is -2.21. The zero-order valence-corrected chi connectivity index (χ0v) is 13.0. The molecule has 4 nitrogen and oxygen atoms in total. The second-order valence-electron chi connectivity index (χ2n) is 5.13. The van der Waals surface area contributed by atoms with Crippen LogP contribution in [0.2, 0.25) is 5.02 Å². The van der Waals surface area contributed by atoms with Crippen LogP contribution in [0.4, 0.5) is 8.78 Å². The average molecular weight is 337 g/mol. The lowest BCUT2D eigenvalue weighted by molar-refractivity contribution is 0.387. The van der Waals surface area contributed by atoms with Crippen molar-refractivity contribution in [1.82, 2.24) is 14.5 Å². The number of aromatic nitrogens is 3. The zero-order chi connectivity index (χ0) is 16.7. The number of hydrogen-bond donors (Lipinski definition) is 1. The van der Waals surface area contributed by atoms with Crippen LogP contribution in [0.5, 0.6) is 6.01 Å². The summed E-state index contributed by atoms with van der Waals surface area (Å²) in [4.78, 5) is 8.08. The Balaban J connectivity index is 2.39. The lowest BCUT2D eigenvalue weighted by atomic mass is 10.0. The van der Waals surface area contributed by atoms with E-state index in [0.29, 0.717) is 23.1 Å². The van der Waals surface area contributed by atoms with Crippen molar-refractivity contribution < 1.29 is 13.9 Å². The van der Waals surface area contributed by atoms with E-state index in [9.17, 15) is 13.9 Å². The Kier molecular flexibility index (Phi) is 3.93. The highest BCUT2D eigenvalue weighted by molar-refractivity contribution is 6.34. The van der Waals surface area contributed by atoms with Crippen LogP contribution < -0.4 is 0 Å². The van der Waals surface area contributed by atoms with Crippen molar-refractivity contribution in [1.29, 1.82) is 0 Å². The van der Waals surface area contributed by atoms with Crippen molar-refractivity contribution in [3.05, 3.63) is 48.0 Å². The minimum atomic E-state index is -0.986. The molecule has 1 N–H and O–H groups in total. The second-order valence-corrected chi connectivity index (χ2v) is 5.53. The Morgan fingerprint density at radius 1 is 1.35 bits per heavy atom. The molecule has 119 valence electrons. The predicted molar refractivity (Wildman–Crippen MR) is 84.2 cm³/mol. The maximum Gasteiger partial charge on any atom is 0.296 e. The van der Waals surface area contributed by atoms with Gasteiger partial charge in [-0.1, -0.05) is 24.6 Å². The molecule has 0 fully saturated rings. The fourth-order valence-electron chi connectivity index (χ4n) is 2.48. The van der Waals surface area contributed by atoms with Gasteiger partial charge in [0.2, 0.25) is 0 Å². The van der Waals surface area contributed by atoms with Crippen LogP contribution in [0.1, 0.15) is 19.4 Å². The molecule has 3 rings (SSSR count). The fraction of sp³-hybridized carbons (Fsp3) is 0.188. The first-order valence-electron chi connectivity index (χ1n) is 6.98. The number of hydrogen-bond acceptors (Lipinski definition) is 3. The summed E-state index contributed by atoms with van der Waals surface area (Å²) in [5.41, 5.74) is 1.48. The van der Waals surface area contributed by atoms with E-state index in [2.05, 4.69) is 16.9 Å². The number of benzene rings is 1. The van der Waals surface area contributed by atoms with E-state index in [4.69, 9.17) is 11.6 Å². The van der Waals surface area contributed by atoms with Gasteiger partial charge in [-0.3, -0.25) is 4.57 Å². The van der Waals surface area contributed by atoms with Crippen molar-refractivity contribution in [3.63, 3.8) is 0 Å². The molecule has 0 spiro atoms. The van der Waals surface area contributed by atoms with Gasteiger partial charge in [0.25, 0.3) is 6.01 Å². The first kappa shape index (κ1) is 15.7. The lowest BCUT2D eigenvalue weighted by Crippen LogP contribution is -2.04. The topological polar surface area (TPSA) is 50.9 Å². The summed E-state index contributed by atoms with van der Waals surface area (Å²) < 4.78 is 28.3. The summed E-state index contributed by atoms with van der Waals surface area (Å²) in [7, 11) is 0. The summed E-state index contributed by atoms with van der Waals surface area (Å²) >= 11 is 6.24. The van der Waals surface area contributed by atoms with E-state index in [0.717, 1.165) is 12.1 Å². The van der Waals surface area contributed by atoms with Crippen LogP contribution in [0.15, 0.2) is 24.4 Å². The molecular formula is C16H13ClF2N3O. The highest BCUT2D eigenvalue weighted by Crippen LogP contribution is 2.38. The first-order valence-corrected chi connectivity index (χ1v) is 7.35. The smallest absolute Gasteiger partial charge is 0.296 e. The van der Waals surface area contributed by atoms with Crippen molar-refractivity contribution in [3.8, 4) is 17.1 Å². The summed E-state index contributed by atoms with van der Waals surface area (Å²) in [6, 6.07) is 2.92. The predicted octanol–water partition coefficient (Wildman–Crippen LogP) is 4.52. The maximum atomic E-state index is 13.6. The van der Waals surface area contributed by atoms with E-state index in [1.165, 1.54) is 16.8 Å². The first-order chi connectivity index (χ1) is 10.9. The molecule has 1 radical (unpaired) electrons. The third-order valence-electron chi connectivity index (χ3n) is 3.69. The average Bonchev–Trinajstić information content (AvgIpc) is 2.85. The highest BCUT2D eigenvalue weighted by Gasteiger charge is 2.21. The van der Waals surface area contributed by atoms with Gasteiger partial charge >= 0.3 is 0 Å². The van der Waals surface area contributed by atoms with Crippen LogP contribution in [0.25, 0.3) is 22.3 Å². The van der Waals surface area contributed by atoms with Crippen molar-refractivity contribution >= 4 is 22.8 Å². The van der Waals surface area contributed by atoms with Gasteiger partial charge in [-0.15, -0.1) is 0 Å². The van der Waals surface area contributed by atoms with Crippen LogP contribution in [0.3, 0.4) is 0 Å². The molecule has 2 heterocycles. The quantitative estimate of drug-likeness (QED) is 0.765. The van der Waals surface area contributed by atoms with Crippen LogP contribution in [0, 0.1) is 18.6 Å². The van der Waals surface area contributed by atoms with Gasteiger partial charge < -0.3 is 5.11 Å². The van der Waals surface area contributed by atoms with Crippen molar-refractivity contribution in [2.45, 2.75) is 19.4 Å². The van der Waals surface area contributed by atoms with Gasteiger partial charge in [-0.2, -0.15) is 4.98 Å². The molecule has 0 aliphatic heterocycles. The lowest BCUT2D eigenvalue weighted by Gasteiger charge is -2.15. The maximum absolute atomic E-state index is 13.6. The molecule has 3 aromatic rings. The summed E-state index contributed by atoms with van der Waals surface area (Å²) in [6.07, 6.45) is 1.99. The van der Waals surface area contributed by atoms with Gasteiger partial charge in [0.1, 0.15) is 5.52 Å². The second kappa shape index (κ2) is 5.77. The standard InChI is InChI=1S/C16H13ClF2N3O/c1-3-8(2)22-14-13(9-4-5-11(18)12(19)6-9)10(17)7-20-15(14)21-16(22)23/h4-8H,2-3H2,1H3,(H,20,21,23). The fourth-order valence-corrected chi connectivity index (χ4v) is 2.73. The third kappa shape index (κ3) is 2.53. The van der Waals surface area contributed by atoms with Gasteiger partial charge in [0.05, 0.1) is 5.02 Å². The number of rotatable bonds is 3. The van der Waals surface area contributed by atoms with E-state index in [-0.39, 0.29) is 22.7 Å². The van der Waals surface area contributed by atoms with E-state index < -0.39 is 11.6 Å². The SMILES string of the molecule is [CH2]C(CC)n1c(O)nc2ncc(Cl)c(-c3ccc(F)c(F)c3)c21. The number of nitrogens with zero attached hydrogens (tertiary/aromatic N) is 3. The van der Waals surface area contributed by atoms with Gasteiger partial charge in [0, 0.05) is 17.8 Å². The van der Waals surface area contributed by atoms with E-state index >= 15 is 0 Å². The Bertz CT molecular complexity index is 895. The molecule has 0 aliphatic carbocycles. The molecule has 0 bridgehead atoms. The molecular weight excluding hydrogens is 324 g/mol. The van der Waals surface area contributed by atoms with Crippen molar-refractivity contribution in [2.75, 3.05) is 0 Å². The van der Waals surface area contributed by atoms with Gasteiger partial charge in [0.15, 0.2) is 17.3 Å². The minimum Gasteiger partial charge on any atom is -0.480 e. The minimum absolute atomic E-state index is 0.243. The molecule has 1 aromatic carbocycles. The summed E-state index contributed by atoms with van der Waals surface area (Å²) in [5.74, 6) is -1.93. The number of fused-ring (bicyclic) bond motifs is 1. The normalized spacial score (nSPS) is 12.7. The summed E-state index contributed by atoms with van der Waals surface area (Å²) in [5, 5.41) is 10.3. The monoisotopic (exact) mass is 336 g/mol. The molecule has 1 unspecified atom stereocenters. The molecule has 0 aliphatic rings. The Labute approximate surface area is 136 Å². The molecule has 23 heavy (non-hydrogen) atoms. The molecule has 7 heteroatoms. The van der Waals surface area contributed by atoms with E-state index in [1.54, 1.807) is 0 Å². The van der Waals surface area contributed by atoms with Gasteiger partial charge in [-0.25, -0.2) is 13.8 Å². The Morgan fingerprint density at radius 2 is 2.09 bits per heavy atom.